The normalized spacial score (nSPS) is 30.1. The van der Waals surface area contributed by atoms with Crippen molar-refractivity contribution in [1.29, 1.82) is 0 Å². The molecular formula is C8H17N3O. The summed E-state index contributed by atoms with van der Waals surface area (Å²) in [7, 11) is 0. The van der Waals surface area contributed by atoms with Crippen molar-refractivity contribution in [3.63, 3.8) is 0 Å². The van der Waals surface area contributed by atoms with Gasteiger partial charge in [-0.2, -0.15) is 0 Å². The molecule has 1 aliphatic heterocycles. The summed E-state index contributed by atoms with van der Waals surface area (Å²) >= 11 is 0. The van der Waals surface area contributed by atoms with Crippen LogP contribution in [-0.4, -0.2) is 31.1 Å². The molecule has 0 aromatic heterocycles. The van der Waals surface area contributed by atoms with Crippen LogP contribution in [0.15, 0.2) is 0 Å². The van der Waals surface area contributed by atoms with Gasteiger partial charge in [-0.15, -0.1) is 0 Å². The molecule has 0 aromatic carbocycles. The summed E-state index contributed by atoms with van der Waals surface area (Å²) in [6.45, 7) is 3.49. The van der Waals surface area contributed by atoms with Crippen LogP contribution in [0.25, 0.3) is 0 Å². The molecule has 1 rings (SSSR count). The van der Waals surface area contributed by atoms with E-state index in [2.05, 4.69) is 17.6 Å². The Morgan fingerprint density at radius 2 is 2.50 bits per heavy atom. The third-order valence-corrected chi connectivity index (χ3v) is 2.30. The molecule has 1 amide bonds. The van der Waals surface area contributed by atoms with E-state index in [0.717, 1.165) is 13.0 Å². The third kappa shape index (κ3) is 2.79. The zero-order chi connectivity index (χ0) is 8.97. The average molecular weight is 171 g/mol. The van der Waals surface area contributed by atoms with Crippen LogP contribution in [0.4, 0.5) is 0 Å². The van der Waals surface area contributed by atoms with Crippen LogP contribution in [0.3, 0.4) is 0 Å². The van der Waals surface area contributed by atoms with Crippen LogP contribution < -0.4 is 16.4 Å². The smallest absolute Gasteiger partial charge is 0.231 e. The standard InChI is InChI=1S/C8H17N3O/c1-6-7(3-2-4-10-6)11-5-8(9)12/h6-7,10-11H,2-5H2,1H3,(H2,9,12). The number of hydrogen-bond donors (Lipinski definition) is 3. The fourth-order valence-electron chi connectivity index (χ4n) is 1.55. The van der Waals surface area contributed by atoms with Crippen LogP contribution in [0.1, 0.15) is 19.8 Å². The van der Waals surface area contributed by atoms with Crippen molar-refractivity contribution in [2.75, 3.05) is 13.1 Å². The van der Waals surface area contributed by atoms with Gasteiger partial charge in [0.2, 0.25) is 5.91 Å². The lowest BCUT2D eigenvalue weighted by Gasteiger charge is -2.30. The molecule has 0 aromatic rings. The van der Waals surface area contributed by atoms with E-state index in [1.807, 2.05) is 0 Å². The number of hydrogen-bond acceptors (Lipinski definition) is 3. The number of carbonyl (C=O) groups is 1. The van der Waals surface area contributed by atoms with Gasteiger partial charge in [-0.05, 0) is 26.3 Å². The van der Waals surface area contributed by atoms with Crippen LogP contribution in [0.5, 0.6) is 0 Å². The molecular weight excluding hydrogens is 154 g/mol. The number of nitrogens with two attached hydrogens (primary N) is 1. The van der Waals surface area contributed by atoms with Crippen molar-refractivity contribution in [3.8, 4) is 0 Å². The average Bonchev–Trinajstić information content (AvgIpc) is 2.03. The van der Waals surface area contributed by atoms with Crippen LogP contribution in [0, 0.1) is 0 Å². The third-order valence-electron chi connectivity index (χ3n) is 2.30. The van der Waals surface area contributed by atoms with Crippen LogP contribution >= 0.6 is 0 Å². The number of rotatable bonds is 3. The molecule has 1 aliphatic rings. The molecule has 2 unspecified atom stereocenters. The molecule has 1 heterocycles. The topological polar surface area (TPSA) is 67.2 Å². The van der Waals surface area contributed by atoms with Crippen molar-refractivity contribution >= 4 is 5.91 Å². The molecule has 4 N–H and O–H groups in total. The lowest BCUT2D eigenvalue weighted by molar-refractivity contribution is -0.117. The molecule has 1 fully saturated rings. The van der Waals surface area contributed by atoms with Gasteiger partial charge in [0.1, 0.15) is 0 Å². The molecule has 70 valence electrons. The Kier molecular flexibility index (Phi) is 3.49. The number of piperidine rings is 1. The summed E-state index contributed by atoms with van der Waals surface area (Å²) in [5.41, 5.74) is 5.03. The summed E-state index contributed by atoms with van der Waals surface area (Å²) < 4.78 is 0. The zero-order valence-electron chi connectivity index (χ0n) is 7.47. The maximum Gasteiger partial charge on any atom is 0.231 e. The summed E-state index contributed by atoms with van der Waals surface area (Å²) in [6, 6.07) is 0.837. The predicted octanol–water partition coefficient (Wildman–Crippen LogP) is -0.798. The minimum absolute atomic E-state index is 0.284. The van der Waals surface area contributed by atoms with Crippen molar-refractivity contribution in [2.45, 2.75) is 31.8 Å². The van der Waals surface area contributed by atoms with Gasteiger partial charge < -0.3 is 16.4 Å². The van der Waals surface area contributed by atoms with Gasteiger partial charge in [-0.25, -0.2) is 0 Å². The molecule has 4 nitrogen and oxygen atoms in total. The Labute approximate surface area is 72.9 Å². The molecule has 0 aliphatic carbocycles. The van der Waals surface area contributed by atoms with Crippen LogP contribution in [0.2, 0.25) is 0 Å². The van der Waals surface area contributed by atoms with E-state index in [1.54, 1.807) is 0 Å². The monoisotopic (exact) mass is 171 g/mol. The maximum atomic E-state index is 10.5. The Hall–Kier alpha value is -0.610. The lowest BCUT2D eigenvalue weighted by atomic mass is 10.00. The number of carbonyl (C=O) groups excluding carboxylic acids is 1. The van der Waals surface area contributed by atoms with Crippen molar-refractivity contribution in [3.05, 3.63) is 0 Å². The van der Waals surface area contributed by atoms with E-state index in [1.165, 1.54) is 6.42 Å². The molecule has 1 saturated heterocycles. The predicted molar refractivity (Wildman–Crippen MR) is 47.7 cm³/mol. The minimum atomic E-state index is -0.284. The highest BCUT2D eigenvalue weighted by molar-refractivity contribution is 5.75. The van der Waals surface area contributed by atoms with Gasteiger partial charge in [-0.1, -0.05) is 0 Å². The molecule has 0 bridgehead atoms. The second kappa shape index (κ2) is 4.42. The fourth-order valence-corrected chi connectivity index (χ4v) is 1.55. The quantitative estimate of drug-likeness (QED) is 0.521. The Morgan fingerprint density at radius 3 is 3.08 bits per heavy atom. The second-order valence-corrected chi connectivity index (χ2v) is 3.34. The van der Waals surface area contributed by atoms with E-state index in [4.69, 9.17) is 5.73 Å². The number of primary amides is 1. The largest absolute Gasteiger partial charge is 0.369 e. The Bertz CT molecular complexity index is 160. The van der Waals surface area contributed by atoms with Gasteiger partial charge in [-0.3, -0.25) is 4.79 Å². The SMILES string of the molecule is CC1NCCCC1NCC(N)=O. The first-order valence-electron chi connectivity index (χ1n) is 4.45. The Balaban J connectivity index is 2.24. The highest BCUT2D eigenvalue weighted by Gasteiger charge is 2.19. The van der Waals surface area contributed by atoms with Gasteiger partial charge in [0, 0.05) is 12.1 Å². The summed E-state index contributed by atoms with van der Waals surface area (Å²) in [4.78, 5) is 10.5. The molecule has 0 spiro atoms. The first kappa shape index (κ1) is 9.48. The molecule has 2 atom stereocenters. The van der Waals surface area contributed by atoms with Gasteiger partial charge in [0.15, 0.2) is 0 Å². The van der Waals surface area contributed by atoms with Gasteiger partial charge in [0.25, 0.3) is 0 Å². The summed E-state index contributed by atoms with van der Waals surface area (Å²) in [6.07, 6.45) is 2.29. The van der Waals surface area contributed by atoms with E-state index in [9.17, 15) is 4.79 Å². The molecule has 4 heteroatoms. The zero-order valence-corrected chi connectivity index (χ0v) is 7.47. The minimum Gasteiger partial charge on any atom is -0.369 e. The summed E-state index contributed by atoms with van der Waals surface area (Å²) in [5.74, 6) is -0.284. The fraction of sp³-hybridized carbons (Fsp3) is 0.875. The first-order valence-corrected chi connectivity index (χ1v) is 4.45. The second-order valence-electron chi connectivity index (χ2n) is 3.34. The van der Waals surface area contributed by atoms with E-state index < -0.39 is 0 Å². The number of nitrogens with one attached hydrogen (secondary N) is 2. The van der Waals surface area contributed by atoms with Crippen LogP contribution in [-0.2, 0) is 4.79 Å². The highest BCUT2D eigenvalue weighted by atomic mass is 16.1. The Morgan fingerprint density at radius 1 is 1.75 bits per heavy atom. The van der Waals surface area contributed by atoms with E-state index in [0.29, 0.717) is 12.1 Å². The number of amides is 1. The van der Waals surface area contributed by atoms with Crippen molar-refractivity contribution < 1.29 is 4.79 Å². The van der Waals surface area contributed by atoms with E-state index in [-0.39, 0.29) is 12.5 Å². The van der Waals surface area contributed by atoms with Crippen molar-refractivity contribution in [2.24, 2.45) is 5.73 Å². The van der Waals surface area contributed by atoms with Gasteiger partial charge >= 0.3 is 0 Å². The van der Waals surface area contributed by atoms with Crippen molar-refractivity contribution in [1.82, 2.24) is 10.6 Å². The maximum absolute atomic E-state index is 10.5. The molecule has 12 heavy (non-hydrogen) atoms. The van der Waals surface area contributed by atoms with E-state index >= 15 is 0 Å². The summed E-state index contributed by atoms with van der Waals surface area (Å²) in [5, 5.41) is 6.47. The van der Waals surface area contributed by atoms with Gasteiger partial charge in [0.05, 0.1) is 6.54 Å². The molecule has 0 radical (unpaired) electrons. The highest BCUT2D eigenvalue weighted by Crippen LogP contribution is 2.07. The molecule has 0 saturated carbocycles. The first-order chi connectivity index (χ1) is 5.70. The lowest BCUT2D eigenvalue weighted by Crippen LogP contribution is -2.51.